The number of benzene rings is 1. The summed E-state index contributed by atoms with van der Waals surface area (Å²) in [5, 5.41) is 0. The fourth-order valence-electron chi connectivity index (χ4n) is 2.19. The molecule has 0 aliphatic carbocycles. The summed E-state index contributed by atoms with van der Waals surface area (Å²) in [6.07, 6.45) is 5.10. The molecule has 0 saturated carbocycles. The molecule has 0 fully saturated rings. The maximum absolute atomic E-state index is 4.52. The van der Waals surface area contributed by atoms with Crippen LogP contribution >= 0.6 is 15.9 Å². The smallest absolute Gasteiger partial charge is 0.178 e. The van der Waals surface area contributed by atoms with Crippen LogP contribution in [0.2, 0.25) is 0 Å². The second kappa shape index (κ2) is 4.35. The Hall–Kier alpha value is -2.34. The van der Waals surface area contributed by atoms with E-state index in [1.54, 1.807) is 18.6 Å². The lowest BCUT2D eigenvalue weighted by atomic mass is 10.1. The number of aromatic nitrogens is 5. The molecule has 96 valence electrons. The molecule has 0 spiro atoms. The highest BCUT2D eigenvalue weighted by Gasteiger charge is 2.10. The minimum Gasteiger partial charge on any atom is -0.336 e. The van der Waals surface area contributed by atoms with Crippen molar-refractivity contribution in [3.05, 3.63) is 47.3 Å². The van der Waals surface area contributed by atoms with E-state index in [9.17, 15) is 0 Å². The maximum atomic E-state index is 4.52. The Morgan fingerprint density at radius 3 is 2.90 bits per heavy atom. The molecular weight excluding hydrogens is 318 g/mol. The summed E-state index contributed by atoms with van der Waals surface area (Å²) in [7, 11) is 0. The van der Waals surface area contributed by atoms with Gasteiger partial charge in [0.2, 0.25) is 0 Å². The van der Waals surface area contributed by atoms with Gasteiger partial charge in [-0.15, -0.1) is 0 Å². The fraction of sp³-hybridized carbons (Fsp3) is 0. The first-order chi connectivity index (χ1) is 9.81. The molecule has 0 bridgehead atoms. The van der Waals surface area contributed by atoms with Crippen LogP contribution in [0, 0.1) is 0 Å². The van der Waals surface area contributed by atoms with Crippen molar-refractivity contribution in [1.29, 1.82) is 0 Å². The number of nitrogens with one attached hydrogen (secondary N) is 1. The number of H-pyrrole nitrogens is 1. The molecule has 20 heavy (non-hydrogen) atoms. The molecule has 0 amide bonds. The van der Waals surface area contributed by atoms with Gasteiger partial charge in [0.15, 0.2) is 5.65 Å². The second-order valence-corrected chi connectivity index (χ2v) is 5.26. The van der Waals surface area contributed by atoms with Gasteiger partial charge in [0.25, 0.3) is 0 Å². The average molecular weight is 326 g/mol. The van der Waals surface area contributed by atoms with Crippen LogP contribution < -0.4 is 0 Å². The van der Waals surface area contributed by atoms with Gasteiger partial charge in [-0.05, 0) is 34.1 Å². The third-order valence-electron chi connectivity index (χ3n) is 3.06. The van der Waals surface area contributed by atoms with E-state index in [-0.39, 0.29) is 0 Å². The molecule has 3 aromatic heterocycles. The third kappa shape index (κ3) is 1.77. The molecule has 1 aromatic carbocycles. The molecule has 6 heteroatoms. The first-order valence-electron chi connectivity index (χ1n) is 6.02. The van der Waals surface area contributed by atoms with Crippen molar-refractivity contribution in [2.24, 2.45) is 0 Å². The number of hydrogen-bond donors (Lipinski definition) is 1. The van der Waals surface area contributed by atoms with Crippen molar-refractivity contribution in [1.82, 2.24) is 24.9 Å². The van der Waals surface area contributed by atoms with E-state index in [2.05, 4.69) is 40.8 Å². The Bertz CT molecular complexity index is 926. The zero-order valence-electron chi connectivity index (χ0n) is 10.2. The van der Waals surface area contributed by atoms with Crippen LogP contribution in [0.15, 0.2) is 47.3 Å². The predicted molar refractivity (Wildman–Crippen MR) is 80.1 cm³/mol. The average Bonchev–Trinajstić information content (AvgIpc) is 2.89. The Kier molecular flexibility index (Phi) is 2.50. The predicted octanol–water partition coefficient (Wildman–Crippen LogP) is 3.33. The van der Waals surface area contributed by atoms with Gasteiger partial charge in [-0.25, -0.2) is 9.97 Å². The number of pyridine rings is 1. The molecule has 3 heterocycles. The molecule has 0 aliphatic rings. The van der Waals surface area contributed by atoms with Gasteiger partial charge in [0.1, 0.15) is 5.82 Å². The SMILES string of the molecule is Brc1cnc2nc(-c3cccc4nccnc34)[nH]c2c1. The largest absolute Gasteiger partial charge is 0.336 e. The van der Waals surface area contributed by atoms with E-state index < -0.39 is 0 Å². The third-order valence-corrected chi connectivity index (χ3v) is 3.49. The Morgan fingerprint density at radius 2 is 1.95 bits per heavy atom. The molecule has 1 N–H and O–H groups in total. The van der Waals surface area contributed by atoms with Gasteiger partial charge in [0, 0.05) is 28.6 Å². The van der Waals surface area contributed by atoms with Gasteiger partial charge in [-0.1, -0.05) is 6.07 Å². The minimum atomic E-state index is 0.684. The maximum Gasteiger partial charge on any atom is 0.178 e. The van der Waals surface area contributed by atoms with E-state index in [0.717, 1.165) is 32.4 Å². The van der Waals surface area contributed by atoms with E-state index in [4.69, 9.17) is 0 Å². The van der Waals surface area contributed by atoms with Crippen LogP contribution in [-0.2, 0) is 0 Å². The molecular formula is C14H8BrN5. The summed E-state index contributed by atoms with van der Waals surface area (Å²) < 4.78 is 0.915. The number of hydrogen-bond acceptors (Lipinski definition) is 4. The number of rotatable bonds is 1. The van der Waals surface area contributed by atoms with Crippen molar-refractivity contribution in [2.75, 3.05) is 0 Å². The van der Waals surface area contributed by atoms with Crippen molar-refractivity contribution >= 4 is 38.1 Å². The minimum absolute atomic E-state index is 0.684. The summed E-state index contributed by atoms with van der Waals surface area (Å²) >= 11 is 3.41. The van der Waals surface area contributed by atoms with Crippen LogP contribution in [0.25, 0.3) is 33.6 Å². The first-order valence-corrected chi connectivity index (χ1v) is 6.82. The highest BCUT2D eigenvalue weighted by molar-refractivity contribution is 9.10. The van der Waals surface area contributed by atoms with E-state index >= 15 is 0 Å². The number of fused-ring (bicyclic) bond motifs is 2. The molecule has 4 aromatic rings. The highest BCUT2D eigenvalue weighted by atomic mass is 79.9. The van der Waals surface area contributed by atoms with Crippen LogP contribution in [0.4, 0.5) is 0 Å². The zero-order valence-corrected chi connectivity index (χ0v) is 11.8. The van der Waals surface area contributed by atoms with Gasteiger partial charge in [-0.2, -0.15) is 0 Å². The van der Waals surface area contributed by atoms with Gasteiger partial charge in [0.05, 0.1) is 16.6 Å². The van der Waals surface area contributed by atoms with Crippen molar-refractivity contribution in [2.45, 2.75) is 0 Å². The number of para-hydroxylation sites is 1. The lowest BCUT2D eigenvalue weighted by Crippen LogP contribution is -1.88. The molecule has 5 nitrogen and oxygen atoms in total. The summed E-state index contributed by atoms with van der Waals surface area (Å²) in [4.78, 5) is 20.8. The van der Waals surface area contributed by atoms with E-state index in [1.807, 2.05) is 24.3 Å². The van der Waals surface area contributed by atoms with Gasteiger partial charge < -0.3 is 4.98 Å². The molecule has 4 rings (SSSR count). The summed E-state index contributed by atoms with van der Waals surface area (Å²) in [6.45, 7) is 0. The molecule has 0 aliphatic heterocycles. The lowest BCUT2D eigenvalue weighted by Gasteiger charge is -2.01. The first kappa shape index (κ1) is 11.5. The zero-order chi connectivity index (χ0) is 13.5. The second-order valence-electron chi connectivity index (χ2n) is 4.34. The topological polar surface area (TPSA) is 67.3 Å². The molecule has 0 radical (unpaired) electrons. The summed E-state index contributed by atoms with van der Waals surface area (Å²) in [5.74, 6) is 0.747. The normalized spacial score (nSPS) is 11.2. The van der Waals surface area contributed by atoms with Gasteiger partial charge in [-0.3, -0.25) is 9.97 Å². The number of nitrogens with zero attached hydrogens (tertiary/aromatic N) is 4. The van der Waals surface area contributed by atoms with Crippen molar-refractivity contribution in [3.8, 4) is 11.4 Å². The van der Waals surface area contributed by atoms with Crippen molar-refractivity contribution in [3.63, 3.8) is 0 Å². The monoisotopic (exact) mass is 325 g/mol. The van der Waals surface area contributed by atoms with Crippen LogP contribution in [-0.4, -0.2) is 24.9 Å². The summed E-state index contributed by atoms with van der Waals surface area (Å²) in [6, 6.07) is 7.81. The number of aromatic amines is 1. The number of halogens is 1. The van der Waals surface area contributed by atoms with E-state index in [1.165, 1.54) is 0 Å². The molecule has 0 atom stereocenters. The van der Waals surface area contributed by atoms with Crippen molar-refractivity contribution < 1.29 is 0 Å². The van der Waals surface area contributed by atoms with Crippen LogP contribution in [0.3, 0.4) is 0 Å². The van der Waals surface area contributed by atoms with Crippen LogP contribution in [0.5, 0.6) is 0 Å². The lowest BCUT2D eigenvalue weighted by molar-refractivity contribution is 1.27. The number of imidazole rings is 1. The van der Waals surface area contributed by atoms with Gasteiger partial charge >= 0.3 is 0 Å². The van der Waals surface area contributed by atoms with Crippen LogP contribution in [0.1, 0.15) is 0 Å². The molecule has 0 unspecified atom stereocenters. The standard InChI is InChI=1S/C14H8BrN5/c15-8-6-11-14(18-7-8)20-13(19-11)9-2-1-3-10-12(9)17-5-4-16-10/h1-7H,(H,18,19,20). The Morgan fingerprint density at radius 1 is 1.05 bits per heavy atom. The summed E-state index contributed by atoms with van der Waals surface area (Å²) in [5.41, 5.74) is 4.16. The highest BCUT2D eigenvalue weighted by Crippen LogP contribution is 2.26. The molecule has 0 saturated heterocycles. The van der Waals surface area contributed by atoms with E-state index in [0.29, 0.717) is 5.65 Å². The Balaban J connectivity index is 2.01. The fourth-order valence-corrected chi connectivity index (χ4v) is 2.52. The quantitative estimate of drug-likeness (QED) is 0.583. The Labute approximate surface area is 122 Å².